The van der Waals surface area contributed by atoms with Crippen molar-refractivity contribution in [2.24, 2.45) is 0 Å². The van der Waals surface area contributed by atoms with Crippen LogP contribution in [0.25, 0.3) is 11.0 Å². The molecule has 6 heteroatoms. The minimum atomic E-state index is 0.538. The maximum absolute atomic E-state index is 8.60. The number of hydrogen-bond donors (Lipinski definition) is 1. The average molecular weight is 324 g/mol. The van der Waals surface area contributed by atoms with Crippen molar-refractivity contribution in [3.63, 3.8) is 0 Å². The Bertz CT molecular complexity index is 905. The van der Waals surface area contributed by atoms with E-state index < -0.39 is 0 Å². The summed E-state index contributed by atoms with van der Waals surface area (Å²) in [6.45, 7) is 6.58. The van der Waals surface area contributed by atoms with Gasteiger partial charge in [0.15, 0.2) is 0 Å². The van der Waals surface area contributed by atoms with Gasteiger partial charge in [-0.15, -0.1) is 0 Å². The molecule has 0 spiro atoms. The van der Waals surface area contributed by atoms with Gasteiger partial charge in [0.25, 0.3) is 0 Å². The Kier molecular flexibility index (Phi) is 4.49. The second-order valence-corrected chi connectivity index (χ2v) is 6.44. The van der Waals surface area contributed by atoms with Gasteiger partial charge in [0.05, 0.1) is 11.7 Å². The molecule has 0 amide bonds. The lowest BCUT2D eigenvalue weighted by Gasteiger charge is -2.12. The van der Waals surface area contributed by atoms with Crippen LogP contribution in [0.5, 0.6) is 0 Å². The van der Waals surface area contributed by atoms with Crippen molar-refractivity contribution in [3.05, 3.63) is 53.2 Å². The van der Waals surface area contributed by atoms with Crippen LogP contribution in [-0.4, -0.2) is 44.6 Å². The van der Waals surface area contributed by atoms with Crippen LogP contribution in [0.1, 0.15) is 16.8 Å². The van der Waals surface area contributed by atoms with Crippen molar-refractivity contribution in [2.75, 3.05) is 20.6 Å². The minimum absolute atomic E-state index is 0.538. The van der Waals surface area contributed by atoms with Gasteiger partial charge in [-0.2, -0.15) is 0 Å². The van der Waals surface area contributed by atoms with E-state index in [-0.39, 0.29) is 0 Å². The molecule has 0 saturated heterocycles. The SMILES string of the molecule is Cc1c(C)n(Cc2ccncc2)c2ncn(CCN(C)C)c(=N)c12. The highest BCUT2D eigenvalue weighted by Crippen LogP contribution is 2.21. The van der Waals surface area contributed by atoms with Crippen LogP contribution in [0.4, 0.5) is 0 Å². The predicted octanol–water partition coefficient (Wildman–Crippen LogP) is 1.94. The summed E-state index contributed by atoms with van der Waals surface area (Å²) < 4.78 is 4.11. The molecule has 0 aliphatic carbocycles. The second kappa shape index (κ2) is 6.57. The van der Waals surface area contributed by atoms with Crippen LogP contribution in [0.15, 0.2) is 30.9 Å². The summed E-state index contributed by atoms with van der Waals surface area (Å²) in [5.74, 6) is 0. The van der Waals surface area contributed by atoms with Gasteiger partial charge in [-0.25, -0.2) is 4.98 Å². The molecule has 0 aliphatic heterocycles. The summed E-state index contributed by atoms with van der Waals surface area (Å²) in [7, 11) is 4.08. The van der Waals surface area contributed by atoms with E-state index in [2.05, 4.69) is 33.3 Å². The summed E-state index contributed by atoms with van der Waals surface area (Å²) in [4.78, 5) is 10.9. The molecule has 0 fully saturated rings. The smallest absolute Gasteiger partial charge is 0.146 e. The summed E-state index contributed by atoms with van der Waals surface area (Å²) >= 11 is 0. The number of hydrogen-bond acceptors (Lipinski definition) is 4. The lowest BCUT2D eigenvalue weighted by molar-refractivity contribution is 0.379. The van der Waals surface area contributed by atoms with E-state index >= 15 is 0 Å². The van der Waals surface area contributed by atoms with Crippen molar-refractivity contribution >= 4 is 11.0 Å². The van der Waals surface area contributed by atoms with Gasteiger partial charge in [-0.3, -0.25) is 10.4 Å². The van der Waals surface area contributed by atoms with Crippen LogP contribution in [0.3, 0.4) is 0 Å². The quantitative estimate of drug-likeness (QED) is 0.780. The predicted molar refractivity (Wildman–Crippen MR) is 94.9 cm³/mol. The molecule has 126 valence electrons. The van der Waals surface area contributed by atoms with Crippen LogP contribution < -0.4 is 5.49 Å². The third-order valence-electron chi connectivity index (χ3n) is 4.52. The number of aryl methyl sites for hydroxylation is 1. The lowest BCUT2D eigenvalue weighted by atomic mass is 10.2. The van der Waals surface area contributed by atoms with Crippen molar-refractivity contribution in [1.29, 1.82) is 5.41 Å². The van der Waals surface area contributed by atoms with Crippen molar-refractivity contribution in [1.82, 2.24) is 24.0 Å². The van der Waals surface area contributed by atoms with Crippen LogP contribution in [0.2, 0.25) is 0 Å². The standard InChI is InChI=1S/C18H24N6/c1-13-14(2)24(11-15-5-7-20-8-6-15)18-16(13)17(19)23(12-21-18)10-9-22(3)4/h5-8,12,19H,9-11H2,1-4H3. The fourth-order valence-corrected chi connectivity index (χ4v) is 2.93. The summed E-state index contributed by atoms with van der Waals surface area (Å²) in [6.07, 6.45) is 5.40. The molecule has 24 heavy (non-hydrogen) atoms. The molecule has 3 heterocycles. The van der Waals surface area contributed by atoms with Gasteiger partial charge in [-0.1, -0.05) is 0 Å². The Hall–Kier alpha value is -2.47. The average Bonchev–Trinajstić information content (AvgIpc) is 2.80. The molecule has 0 unspecified atom stereocenters. The van der Waals surface area contributed by atoms with Gasteiger partial charge in [0.2, 0.25) is 0 Å². The number of nitrogens with zero attached hydrogens (tertiary/aromatic N) is 5. The Balaban J connectivity index is 2.07. The molecule has 0 radical (unpaired) electrons. The van der Waals surface area contributed by atoms with Crippen LogP contribution in [-0.2, 0) is 13.1 Å². The topological polar surface area (TPSA) is 62.7 Å². The zero-order valence-electron chi connectivity index (χ0n) is 14.7. The number of nitrogens with one attached hydrogen (secondary N) is 1. The van der Waals surface area contributed by atoms with E-state index in [1.165, 1.54) is 5.56 Å². The zero-order chi connectivity index (χ0) is 17.3. The Morgan fingerprint density at radius 3 is 2.54 bits per heavy atom. The highest BCUT2D eigenvalue weighted by molar-refractivity contribution is 5.80. The van der Waals surface area contributed by atoms with Crippen molar-refractivity contribution < 1.29 is 0 Å². The summed E-state index contributed by atoms with van der Waals surface area (Å²) in [6, 6.07) is 4.03. The molecular formula is C18H24N6. The number of aromatic nitrogens is 4. The third-order valence-corrected chi connectivity index (χ3v) is 4.52. The Morgan fingerprint density at radius 2 is 1.88 bits per heavy atom. The fourth-order valence-electron chi connectivity index (χ4n) is 2.93. The monoisotopic (exact) mass is 324 g/mol. The Labute approximate surface area is 141 Å². The van der Waals surface area contributed by atoms with E-state index in [1.807, 2.05) is 43.2 Å². The molecule has 0 aliphatic rings. The van der Waals surface area contributed by atoms with Crippen LogP contribution >= 0.6 is 0 Å². The minimum Gasteiger partial charge on any atom is -0.325 e. The Morgan fingerprint density at radius 1 is 1.17 bits per heavy atom. The highest BCUT2D eigenvalue weighted by Gasteiger charge is 2.15. The van der Waals surface area contributed by atoms with E-state index in [4.69, 9.17) is 5.41 Å². The molecule has 1 N–H and O–H groups in total. The van der Waals surface area contributed by atoms with E-state index in [1.54, 1.807) is 6.33 Å². The summed E-state index contributed by atoms with van der Waals surface area (Å²) in [5.41, 5.74) is 4.90. The van der Waals surface area contributed by atoms with Gasteiger partial charge in [0.1, 0.15) is 11.1 Å². The molecule has 3 aromatic rings. The lowest BCUT2D eigenvalue weighted by Crippen LogP contribution is -2.27. The maximum Gasteiger partial charge on any atom is 0.146 e. The van der Waals surface area contributed by atoms with E-state index in [9.17, 15) is 0 Å². The zero-order valence-corrected chi connectivity index (χ0v) is 14.7. The highest BCUT2D eigenvalue weighted by atomic mass is 15.1. The van der Waals surface area contributed by atoms with Crippen molar-refractivity contribution in [2.45, 2.75) is 26.9 Å². The molecule has 3 rings (SSSR count). The third kappa shape index (κ3) is 2.97. The first-order valence-electron chi connectivity index (χ1n) is 8.12. The molecule has 0 bridgehead atoms. The van der Waals surface area contributed by atoms with Gasteiger partial charge >= 0.3 is 0 Å². The number of pyridine rings is 1. The van der Waals surface area contributed by atoms with Gasteiger partial charge < -0.3 is 14.0 Å². The fraction of sp³-hybridized carbons (Fsp3) is 0.389. The van der Waals surface area contributed by atoms with E-state index in [0.717, 1.165) is 41.9 Å². The molecule has 0 atom stereocenters. The number of likely N-dealkylation sites (N-methyl/N-ethyl adjacent to an activating group) is 1. The number of rotatable bonds is 5. The van der Waals surface area contributed by atoms with Crippen LogP contribution in [0, 0.1) is 19.3 Å². The summed E-state index contributed by atoms with van der Waals surface area (Å²) in [5, 5.41) is 9.54. The molecule has 0 saturated carbocycles. The second-order valence-electron chi connectivity index (χ2n) is 6.44. The normalized spacial score (nSPS) is 11.5. The van der Waals surface area contributed by atoms with E-state index in [0.29, 0.717) is 5.49 Å². The first-order valence-corrected chi connectivity index (χ1v) is 8.12. The maximum atomic E-state index is 8.60. The number of fused-ring (bicyclic) bond motifs is 1. The molecule has 0 aromatic carbocycles. The largest absolute Gasteiger partial charge is 0.325 e. The first kappa shape index (κ1) is 16.4. The molecular weight excluding hydrogens is 300 g/mol. The first-order chi connectivity index (χ1) is 11.5. The molecule has 3 aromatic heterocycles. The molecule has 6 nitrogen and oxygen atoms in total. The van der Waals surface area contributed by atoms with Crippen molar-refractivity contribution in [3.8, 4) is 0 Å². The van der Waals surface area contributed by atoms with Gasteiger partial charge in [0, 0.05) is 37.7 Å². The van der Waals surface area contributed by atoms with Gasteiger partial charge in [-0.05, 0) is 51.2 Å².